The molecule has 0 aliphatic rings. The highest BCUT2D eigenvalue weighted by atomic mass is 79.9. The maximum Gasteiger partial charge on any atom is 0.291 e. The van der Waals surface area contributed by atoms with Crippen LogP contribution in [-0.4, -0.2) is 21.1 Å². The number of hydrogen-bond acceptors (Lipinski definition) is 3. The van der Waals surface area contributed by atoms with Crippen LogP contribution >= 0.6 is 15.9 Å². The summed E-state index contributed by atoms with van der Waals surface area (Å²) in [5.74, 6) is 0.673. The van der Waals surface area contributed by atoms with Crippen molar-refractivity contribution >= 4 is 21.8 Å². The summed E-state index contributed by atoms with van der Waals surface area (Å²) >= 11 is 3.39. The van der Waals surface area contributed by atoms with Crippen LogP contribution < -0.4 is 5.32 Å². The Bertz CT molecular complexity index is 567. The Morgan fingerprint density at radius 1 is 1.47 bits per heavy atom. The Morgan fingerprint density at radius 3 is 3.05 bits per heavy atom. The molecule has 100 valence electrons. The molecule has 2 N–H and O–H groups in total. The zero-order chi connectivity index (χ0) is 13.7. The number of aromatic nitrogens is 3. The van der Waals surface area contributed by atoms with E-state index in [-0.39, 0.29) is 11.7 Å². The molecule has 0 saturated heterocycles. The first-order valence-corrected chi connectivity index (χ1v) is 6.92. The summed E-state index contributed by atoms with van der Waals surface area (Å²) in [6, 6.07) is 7.78. The number of hydrogen-bond donors (Lipinski definition) is 2. The van der Waals surface area contributed by atoms with Crippen LogP contribution in [0.3, 0.4) is 0 Å². The number of aromatic amines is 1. The van der Waals surface area contributed by atoms with E-state index in [1.807, 2.05) is 24.3 Å². The maximum atomic E-state index is 11.9. The van der Waals surface area contributed by atoms with Gasteiger partial charge in [0.05, 0.1) is 0 Å². The zero-order valence-corrected chi connectivity index (χ0v) is 12.2. The topological polar surface area (TPSA) is 70.7 Å². The Kier molecular flexibility index (Phi) is 4.68. The molecule has 1 amide bonds. The van der Waals surface area contributed by atoms with Crippen LogP contribution in [0.4, 0.5) is 0 Å². The second-order valence-corrected chi connectivity index (χ2v) is 5.08. The number of halogens is 1. The second-order valence-electron chi connectivity index (χ2n) is 4.17. The van der Waals surface area contributed by atoms with Gasteiger partial charge in [-0.2, -0.15) is 0 Å². The summed E-state index contributed by atoms with van der Waals surface area (Å²) in [5.41, 5.74) is 1.02. The van der Waals surface area contributed by atoms with Crippen molar-refractivity contribution in [2.45, 2.75) is 26.3 Å². The number of nitrogens with one attached hydrogen (secondary N) is 2. The molecule has 5 nitrogen and oxygen atoms in total. The fraction of sp³-hybridized carbons (Fsp3) is 0.308. The van der Waals surface area contributed by atoms with E-state index < -0.39 is 0 Å². The van der Waals surface area contributed by atoms with Crippen LogP contribution in [0.15, 0.2) is 28.7 Å². The molecule has 0 unspecified atom stereocenters. The number of H-pyrrole nitrogens is 1. The molecule has 2 rings (SSSR count). The van der Waals surface area contributed by atoms with Crippen LogP contribution in [0, 0.1) is 0 Å². The number of rotatable bonds is 5. The predicted octanol–water partition coefficient (Wildman–Crippen LogP) is 2.45. The van der Waals surface area contributed by atoms with Crippen molar-refractivity contribution in [1.82, 2.24) is 20.5 Å². The monoisotopic (exact) mass is 322 g/mol. The standard InChI is InChI=1S/C13H15BrN4O/c1-2-4-11-16-12(18-17-11)13(19)15-8-9-5-3-6-10(14)7-9/h3,5-7H,2,4,8H2,1H3,(H,15,19)(H,16,17,18). The molecular weight excluding hydrogens is 308 g/mol. The van der Waals surface area contributed by atoms with Gasteiger partial charge in [0.2, 0.25) is 5.82 Å². The highest BCUT2D eigenvalue weighted by molar-refractivity contribution is 9.10. The van der Waals surface area contributed by atoms with E-state index in [4.69, 9.17) is 0 Å². The summed E-state index contributed by atoms with van der Waals surface area (Å²) in [6.07, 6.45) is 1.76. The van der Waals surface area contributed by atoms with Crippen LogP contribution in [0.1, 0.15) is 35.4 Å². The highest BCUT2D eigenvalue weighted by Gasteiger charge is 2.11. The van der Waals surface area contributed by atoms with Gasteiger partial charge >= 0.3 is 0 Å². The molecule has 19 heavy (non-hydrogen) atoms. The molecule has 0 aliphatic heterocycles. The van der Waals surface area contributed by atoms with Crippen LogP contribution in [0.25, 0.3) is 0 Å². The molecule has 0 atom stereocenters. The van der Waals surface area contributed by atoms with E-state index in [1.54, 1.807) is 0 Å². The Balaban J connectivity index is 1.93. The van der Waals surface area contributed by atoms with Gasteiger partial charge in [0, 0.05) is 17.4 Å². The SMILES string of the molecule is CCCc1nc(C(=O)NCc2cccc(Br)c2)n[nH]1. The van der Waals surface area contributed by atoms with E-state index in [0.29, 0.717) is 6.54 Å². The van der Waals surface area contributed by atoms with Crippen molar-refractivity contribution in [2.75, 3.05) is 0 Å². The zero-order valence-electron chi connectivity index (χ0n) is 10.6. The lowest BCUT2D eigenvalue weighted by Gasteiger charge is -2.03. The highest BCUT2D eigenvalue weighted by Crippen LogP contribution is 2.11. The lowest BCUT2D eigenvalue weighted by molar-refractivity contribution is 0.0941. The number of aryl methyl sites for hydroxylation is 1. The van der Waals surface area contributed by atoms with E-state index in [2.05, 4.69) is 43.4 Å². The third-order valence-corrected chi connectivity index (χ3v) is 3.06. The van der Waals surface area contributed by atoms with E-state index >= 15 is 0 Å². The number of carbonyl (C=O) groups excluding carboxylic acids is 1. The molecule has 0 saturated carbocycles. The van der Waals surface area contributed by atoms with Crippen molar-refractivity contribution in [2.24, 2.45) is 0 Å². The maximum absolute atomic E-state index is 11.9. The molecule has 0 fully saturated rings. The van der Waals surface area contributed by atoms with Crippen molar-refractivity contribution in [3.63, 3.8) is 0 Å². The van der Waals surface area contributed by atoms with E-state index in [9.17, 15) is 4.79 Å². The molecule has 0 bridgehead atoms. The molecule has 0 radical (unpaired) electrons. The Morgan fingerprint density at radius 2 is 2.32 bits per heavy atom. The third kappa shape index (κ3) is 3.89. The van der Waals surface area contributed by atoms with Crippen LogP contribution in [0.5, 0.6) is 0 Å². The fourth-order valence-corrected chi connectivity index (χ4v) is 2.10. The molecule has 1 aromatic carbocycles. The first kappa shape index (κ1) is 13.7. The third-order valence-electron chi connectivity index (χ3n) is 2.56. The average molecular weight is 323 g/mol. The number of nitrogens with zero attached hydrogens (tertiary/aromatic N) is 2. The van der Waals surface area contributed by atoms with Crippen LogP contribution in [-0.2, 0) is 13.0 Å². The van der Waals surface area contributed by atoms with Crippen molar-refractivity contribution in [3.05, 3.63) is 46.0 Å². The van der Waals surface area contributed by atoms with Crippen molar-refractivity contribution in [3.8, 4) is 0 Å². The van der Waals surface area contributed by atoms with Gasteiger partial charge in [-0.1, -0.05) is 35.0 Å². The lowest BCUT2D eigenvalue weighted by Crippen LogP contribution is -2.24. The van der Waals surface area contributed by atoms with Gasteiger partial charge in [-0.15, -0.1) is 5.10 Å². The van der Waals surface area contributed by atoms with E-state index in [0.717, 1.165) is 28.7 Å². The van der Waals surface area contributed by atoms with Gasteiger partial charge in [0.1, 0.15) is 5.82 Å². The van der Waals surface area contributed by atoms with Crippen LogP contribution in [0.2, 0.25) is 0 Å². The molecule has 1 aromatic heterocycles. The summed E-state index contributed by atoms with van der Waals surface area (Å²) in [5, 5.41) is 9.47. The van der Waals surface area contributed by atoms with Crippen molar-refractivity contribution < 1.29 is 4.79 Å². The summed E-state index contributed by atoms with van der Waals surface area (Å²) in [4.78, 5) is 16.0. The number of carbonyl (C=O) groups is 1. The van der Waals surface area contributed by atoms with Crippen molar-refractivity contribution in [1.29, 1.82) is 0 Å². The summed E-state index contributed by atoms with van der Waals surface area (Å²) in [7, 11) is 0. The molecule has 6 heteroatoms. The molecule has 1 heterocycles. The molecule has 0 aliphatic carbocycles. The summed E-state index contributed by atoms with van der Waals surface area (Å²) in [6.45, 7) is 2.51. The molecular formula is C13H15BrN4O. The van der Waals surface area contributed by atoms with Gasteiger partial charge < -0.3 is 5.32 Å². The largest absolute Gasteiger partial charge is 0.345 e. The average Bonchev–Trinajstić information content (AvgIpc) is 2.85. The second kappa shape index (κ2) is 6.47. The molecule has 0 spiro atoms. The smallest absolute Gasteiger partial charge is 0.291 e. The van der Waals surface area contributed by atoms with Gasteiger partial charge in [-0.3, -0.25) is 9.89 Å². The summed E-state index contributed by atoms with van der Waals surface area (Å²) < 4.78 is 0.988. The Labute approximate surface area is 120 Å². The minimum Gasteiger partial charge on any atom is -0.345 e. The number of amides is 1. The van der Waals surface area contributed by atoms with Gasteiger partial charge in [0.25, 0.3) is 5.91 Å². The van der Waals surface area contributed by atoms with E-state index in [1.165, 1.54) is 0 Å². The first-order chi connectivity index (χ1) is 9.19. The molecule has 2 aromatic rings. The first-order valence-electron chi connectivity index (χ1n) is 6.13. The van der Waals surface area contributed by atoms with Gasteiger partial charge in [-0.05, 0) is 24.1 Å². The minimum absolute atomic E-state index is 0.193. The van der Waals surface area contributed by atoms with Gasteiger partial charge in [0.15, 0.2) is 0 Å². The quantitative estimate of drug-likeness (QED) is 0.888. The Hall–Kier alpha value is -1.69. The lowest BCUT2D eigenvalue weighted by atomic mass is 10.2. The predicted molar refractivity (Wildman–Crippen MR) is 75.7 cm³/mol. The normalized spacial score (nSPS) is 10.4. The minimum atomic E-state index is -0.265. The van der Waals surface area contributed by atoms with Gasteiger partial charge in [-0.25, -0.2) is 4.98 Å². The fourth-order valence-electron chi connectivity index (χ4n) is 1.65. The number of benzene rings is 1.